The second kappa shape index (κ2) is 16.6. The van der Waals surface area contributed by atoms with Gasteiger partial charge in [-0.3, -0.25) is 4.79 Å². The summed E-state index contributed by atoms with van der Waals surface area (Å²) in [7, 11) is 0. The zero-order chi connectivity index (χ0) is 34.3. The zero-order valence-corrected chi connectivity index (χ0v) is 26.3. The number of amides is 1. The Kier molecular flexibility index (Phi) is 13.1. The maximum Gasteiger partial charge on any atom is 0.364 e. The van der Waals surface area contributed by atoms with E-state index >= 15 is 0 Å². The molecule has 0 radical (unpaired) electrons. The molecule has 11 atom stereocenters. The normalized spacial score (nSPS) is 32.3. The molecule has 2 fully saturated rings. The van der Waals surface area contributed by atoms with Crippen LogP contribution in [0.25, 0.3) is 0 Å². The number of aliphatic hydroxyl groups excluding tert-OH is 7. The van der Waals surface area contributed by atoms with Crippen LogP contribution in [-0.4, -0.2) is 139 Å². The third-order valence-electron chi connectivity index (χ3n) is 7.91. The molecular weight excluding hydrogens is 642 g/mol. The van der Waals surface area contributed by atoms with Gasteiger partial charge in [-0.1, -0.05) is 59.8 Å². The van der Waals surface area contributed by atoms with E-state index < -0.39 is 104 Å². The summed E-state index contributed by atoms with van der Waals surface area (Å²) in [6.07, 6.45) is -15.1. The van der Waals surface area contributed by atoms with Gasteiger partial charge >= 0.3 is 5.97 Å². The third-order valence-corrected chi connectivity index (χ3v) is 9.08. The average Bonchev–Trinajstić information content (AvgIpc) is 3.06. The second-order valence-electron chi connectivity index (χ2n) is 11.4. The number of rotatable bonds is 14. The van der Waals surface area contributed by atoms with Gasteiger partial charge in [0.1, 0.15) is 54.8 Å². The van der Waals surface area contributed by atoms with E-state index in [4.69, 9.17) is 18.9 Å². The minimum atomic E-state index is -2.87. The lowest BCUT2D eigenvalue weighted by atomic mass is 9.88. The predicted molar refractivity (Wildman–Crippen MR) is 163 cm³/mol. The monoisotopic (exact) mass is 683 g/mol. The smallest absolute Gasteiger partial charge is 0.364 e. The zero-order valence-electron chi connectivity index (χ0n) is 25.4. The molecule has 47 heavy (non-hydrogen) atoms. The molecule has 0 bridgehead atoms. The van der Waals surface area contributed by atoms with E-state index in [0.717, 1.165) is 22.9 Å². The first-order chi connectivity index (χ1) is 22.4. The highest BCUT2D eigenvalue weighted by atomic mass is 32.2. The minimum absolute atomic E-state index is 0.0804. The highest BCUT2D eigenvalue weighted by molar-refractivity contribution is 7.99. The predicted octanol–water partition coefficient (Wildman–Crippen LogP) is -1.74. The van der Waals surface area contributed by atoms with Crippen LogP contribution in [0.4, 0.5) is 0 Å². The van der Waals surface area contributed by atoms with Gasteiger partial charge in [0.25, 0.3) is 5.79 Å². The lowest BCUT2D eigenvalue weighted by molar-refractivity contribution is -0.349. The first-order valence-electron chi connectivity index (χ1n) is 14.9. The molecule has 2 aliphatic heterocycles. The number of hydrogen-bond acceptors (Lipinski definition) is 14. The van der Waals surface area contributed by atoms with Crippen molar-refractivity contribution in [3.63, 3.8) is 0 Å². The molecule has 4 rings (SSSR count). The Morgan fingerprint density at radius 3 is 2.34 bits per heavy atom. The number of ether oxygens (including phenoxy) is 4. The second-order valence-corrected chi connectivity index (χ2v) is 12.6. The number of carboxylic acid groups (broad SMARTS) is 1. The van der Waals surface area contributed by atoms with E-state index in [0.29, 0.717) is 4.90 Å². The van der Waals surface area contributed by atoms with Crippen LogP contribution in [0.15, 0.2) is 59.5 Å². The summed E-state index contributed by atoms with van der Waals surface area (Å²) in [4.78, 5) is 26.2. The minimum Gasteiger partial charge on any atom is -0.477 e. The Hall–Kier alpha value is -2.71. The fraction of sp³-hybridized carbons (Fsp3) is 0.548. The van der Waals surface area contributed by atoms with Gasteiger partial charge in [0.05, 0.1) is 32.0 Å². The summed E-state index contributed by atoms with van der Waals surface area (Å²) in [5.41, 5.74) is 0.589. The van der Waals surface area contributed by atoms with Crippen molar-refractivity contribution >= 4 is 23.6 Å². The number of hydrogen-bond donors (Lipinski definition) is 9. The topological polar surface area (TPSA) is 245 Å². The molecular formula is C31H41NO14S. The lowest BCUT2D eigenvalue weighted by Crippen LogP contribution is -2.70. The van der Waals surface area contributed by atoms with Crippen molar-refractivity contribution in [1.29, 1.82) is 0 Å². The van der Waals surface area contributed by atoms with Crippen LogP contribution in [-0.2, 0) is 35.1 Å². The molecule has 0 spiro atoms. The standard InChI is InChI=1S/C31H41NO14S/c1-16-7-9-18(10-8-16)47-29-26(40)28(25(39)21(13-34)44-29)46-31(30(41)42)11-19(35)23(27(45-31)24(38)20(36)12-33)32-22(37)15-43-14-17-5-3-2-4-6-17/h2-10,19-21,23-29,33-36,38-40H,11-15H2,1H3,(H,32,37)(H,41,42)/t19-,20+,21+,23+,24+,25-,26+,27+,28-,29-,31-/m0/s1. The Morgan fingerprint density at radius 1 is 1.04 bits per heavy atom. The van der Waals surface area contributed by atoms with E-state index in [1.165, 1.54) is 0 Å². The van der Waals surface area contributed by atoms with Crippen LogP contribution in [0, 0.1) is 6.92 Å². The molecule has 260 valence electrons. The first-order valence-corrected chi connectivity index (χ1v) is 15.8. The highest BCUT2D eigenvalue weighted by Crippen LogP contribution is 2.40. The first kappa shape index (κ1) is 37.1. The van der Waals surface area contributed by atoms with Gasteiger partial charge in [0.15, 0.2) is 0 Å². The average molecular weight is 684 g/mol. The number of nitrogens with one attached hydrogen (secondary N) is 1. The molecule has 2 heterocycles. The molecule has 15 nitrogen and oxygen atoms in total. The number of carbonyl (C=O) groups is 2. The summed E-state index contributed by atoms with van der Waals surface area (Å²) in [5.74, 6) is -5.48. The molecule has 0 saturated carbocycles. The van der Waals surface area contributed by atoms with Crippen molar-refractivity contribution < 1.29 is 69.4 Å². The largest absolute Gasteiger partial charge is 0.477 e. The maximum absolute atomic E-state index is 12.8. The summed E-state index contributed by atoms with van der Waals surface area (Å²) in [6, 6.07) is 14.6. The number of thioether (sulfide) groups is 1. The number of aliphatic carboxylic acids is 1. The Morgan fingerprint density at radius 2 is 1.72 bits per heavy atom. The number of benzene rings is 2. The molecule has 1 amide bonds. The van der Waals surface area contributed by atoms with Gasteiger partial charge in [0.2, 0.25) is 5.91 Å². The molecule has 2 saturated heterocycles. The van der Waals surface area contributed by atoms with Gasteiger partial charge < -0.3 is 65.1 Å². The van der Waals surface area contributed by atoms with E-state index in [-0.39, 0.29) is 6.61 Å². The fourth-order valence-corrected chi connectivity index (χ4v) is 6.39. The van der Waals surface area contributed by atoms with Gasteiger partial charge in [0, 0.05) is 11.3 Å². The van der Waals surface area contributed by atoms with E-state index in [9.17, 15) is 50.4 Å². The van der Waals surface area contributed by atoms with Crippen molar-refractivity contribution in [1.82, 2.24) is 5.32 Å². The molecule has 9 N–H and O–H groups in total. The molecule has 0 aliphatic carbocycles. The van der Waals surface area contributed by atoms with Crippen molar-refractivity contribution in [2.45, 2.75) is 90.9 Å². The lowest BCUT2D eigenvalue weighted by Gasteiger charge is -2.50. The third kappa shape index (κ3) is 9.05. The van der Waals surface area contributed by atoms with Crippen molar-refractivity contribution in [2.24, 2.45) is 0 Å². The maximum atomic E-state index is 12.8. The van der Waals surface area contributed by atoms with Gasteiger partial charge in [-0.25, -0.2) is 4.79 Å². The van der Waals surface area contributed by atoms with Crippen molar-refractivity contribution in [2.75, 3.05) is 19.8 Å². The van der Waals surface area contributed by atoms with Crippen LogP contribution in [0.3, 0.4) is 0 Å². The summed E-state index contributed by atoms with van der Waals surface area (Å²) in [6.45, 7) is -0.255. The van der Waals surface area contributed by atoms with E-state index in [2.05, 4.69) is 5.32 Å². The SMILES string of the molecule is Cc1ccc(S[C@@H]2O[C@H](CO)[C@H](O)[C@H](O[C@]3(C(=O)O)C[C@H](O)[C@@H](NC(=O)COCc4ccccc4)[C@H]([C@H](O)[C@H](O)CO)O3)[C@H]2O)cc1. The fourth-order valence-electron chi connectivity index (χ4n) is 5.34. The van der Waals surface area contributed by atoms with Crippen molar-refractivity contribution in [3.8, 4) is 0 Å². The Bertz CT molecular complexity index is 1300. The van der Waals surface area contributed by atoms with Crippen molar-refractivity contribution in [3.05, 3.63) is 65.7 Å². The van der Waals surface area contributed by atoms with Crippen LogP contribution >= 0.6 is 11.8 Å². The van der Waals surface area contributed by atoms with Gasteiger partial charge in [-0.2, -0.15) is 0 Å². The van der Waals surface area contributed by atoms with Crippen LogP contribution < -0.4 is 5.32 Å². The van der Waals surface area contributed by atoms with E-state index in [1.54, 1.807) is 36.4 Å². The molecule has 16 heteroatoms. The Labute approximate surface area is 274 Å². The summed E-state index contributed by atoms with van der Waals surface area (Å²) < 4.78 is 22.6. The number of carbonyl (C=O) groups excluding carboxylic acids is 1. The van der Waals surface area contributed by atoms with Gasteiger partial charge in [-0.05, 0) is 24.6 Å². The molecule has 0 aromatic heterocycles. The van der Waals surface area contributed by atoms with Crippen LogP contribution in [0.5, 0.6) is 0 Å². The summed E-state index contributed by atoms with van der Waals surface area (Å²) in [5, 5.41) is 86.7. The summed E-state index contributed by atoms with van der Waals surface area (Å²) >= 11 is 1.03. The Balaban J connectivity index is 1.55. The van der Waals surface area contributed by atoms with Crippen LogP contribution in [0.1, 0.15) is 17.5 Å². The van der Waals surface area contributed by atoms with E-state index in [1.807, 2.05) is 25.1 Å². The molecule has 0 unspecified atom stereocenters. The van der Waals surface area contributed by atoms with Crippen LogP contribution in [0.2, 0.25) is 0 Å². The number of carboxylic acids is 1. The highest BCUT2D eigenvalue weighted by Gasteiger charge is 2.59. The van der Waals surface area contributed by atoms with Gasteiger partial charge in [-0.15, -0.1) is 0 Å². The molecule has 2 aromatic rings. The molecule has 2 aromatic carbocycles. The quantitative estimate of drug-likeness (QED) is 0.107. The number of aliphatic hydroxyl groups is 7. The number of aryl methyl sites for hydroxylation is 1. The molecule has 2 aliphatic rings.